The van der Waals surface area contributed by atoms with Crippen LogP contribution in [0.15, 0.2) is 47.3 Å². The molecule has 0 bridgehead atoms. The number of hydrogen-bond donors (Lipinski definition) is 1. The Morgan fingerprint density at radius 3 is 2.88 bits per heavy atom. The highest BCUT2D eigenvalue weighted by Gasteiger charge is 2.05. The van der Waals surface area contributed by atoms with Gasteiger partial charge in [0, 0.05) is 11.6 Å². The van der Waals surface area contributed by atoms with Crippen LogP contribution in [0.2, 0.25) is 0 Å². The molecule has 0 fully saturated rings. The zero-order chi connectivity index (χ0) is 11.8. The number of benzene rings is 1. The molecule has 0 aliphatic heterocycles. The number of H-pyrrole nitrogens is 1. The quantitative estimate of drug-likeness (QED) is 0.692. The lowest BCUT2D eigenvalue weighted by Gasteiger charge is -1.94. The van der Waals surface area contributed by atoms with Crippen LogP contribution in [0.25, 0.3) is 16.8 Å². The van der Waals surface area contributed by atoms with Gasteiger partial charge in [0.15, 0.2) is 0 Å². The van der Waals surface area contributed by atoms with Gasteiger partial charge in [-0.1, -0.05) is 12.1 Å². The van der Waals surface area contributed by atoms with Crippen LogP contribution in [0.1, 0.15) is 0 Å². The predicted octanol–water partition coefficient (Wildman–Crippen LogP) is 1.83. The van der Waals surface area contributed by atoms with Crippen molar-refractivity contribution in [1.29, 1.82) is 0 Å². The van der Waals surface area contributed by atoms with E-state index in [1.165, 1.54) is 22.8 Å². The summed E-state index contributed by atoms with van der Waals surface area (Å²) >= 11 is 0. The van der Waals surface area contributed by atoms with Crippen molar-refractivity contribution in [3.8, 4) is 11.3 Å². The van der Waals surface area contributed by atoms with E-state index >= 15 is 0 Å². The van der Waals surface area contributed by atoms with Crippen LogP contribution in [0.4, 0.5) is 4.39 Å². The van der Waals surface area contributed by atoms with Crippen LogP contribution < -0.4 is 5.56 Å². The van der Waals surface area contributed by atoms with Gasteiger partial charge in [0.25, 0.3) is 5.56 Å². The highest BCUT2D eigenvalue weighted by molar-refractivity contribution is 5.65. The summed E-state index contributed by atoms with van der Waals surface area (Å²) in [4.78, 5) is 11.1. The Bertz CT molecular complexity index is 745. The van der Waals surface area contributed by atoms with E-state index < -0.39 is 0 Å². The normalized spacial score (nSPS) is 10.9. The van der Waals surface area contributed by atoms with Gasteiger partial charge in [0.2, 0.25) is 0 Å². The molecule has 0 unspecified atom stereocenters. The summed E-state index contributed by atoms with van der Waals surface area (Å²) in [6.07, 6.45) is 0. The van der Waals surface area contributed by atoms with Crippen LogP contribution in [0.3, 0.4) is 0 Å². The summed E-state index contributed by atoms with van der Waals surface area (Å²) in [7, 11) is 0. The van der Waals surface area contributed by atoms with E-state index in [1.807, 2.05) is 0 Å². The van der Waals surface area contributed by atoms with Gasteiger partial charge in [-0.25, -0.2) is 9.49 Å². The molecule has 17 heavy (non-hydrogen) atoms. The van der Waals surface area contributed by atoms with E-state index in [0.29, 0.717) is 11.3 Å². The summed E-state index contributed by atoms with van der Waals surface area (Å²) < 4.78 is 14.5. The number of nitrogens with zero attached hydrogens (tertiary/aromatic N) is 2. The van der Waals surface area contributed by atoms with Crippen molar-refractivity contribution < 1.29 is 4.39 Å². The molecule has 1 N–H and O–H groups in total. The second-order valence-electron chi connectivity index (χ2n) is 3.69. The molecule has 2 aromatic heterocycles. The topological polar surface area (TPSA) is 50.2 Å². The lowest BCUT2D eigenvalue weighted by atomic mass is 10.1. The molecule has 0 saturated carbocycles. The summed E-state index contributed by atoms with van der Waals surface area (Å²) in [5.41, 5.74) is 1.82. The molecule has 0 spiro atoms. The first-order valence-electron chi connectivity index (χ1n) is 5.07. The van der Waals surface area contributed by atoms with Gasteiger partial charge >= 0.3 is 0 Å². The molecule has 0 radical (unpaired) electrons. The van der Waals surface area contributed by atoms with Gasteiger partial charge in [-0.15, -0.1) is 0 Å². The molecule has 4 nitrogen and oxygen atoms in total. The molecule has 2 heterocycles. The van der Waals surface area contributed by atoms with Crippen LogP contribution in [-0.4, -0.2) is 14.8 Å². The fraction of sp³-hybridized carbons (Fsp3) is 0. The number of aromatic amines is 1. The summed E-state index contributed by atoms with van der Waals surface area (Å²) in [6, 6.07) is 11.0. The van der Waals surface area contributed by atoms with Gasteiger partial charge in [-0.2, -0.15) is 9.73 Å². The molecule has 0 aliphatic carbocycles. The Labute approximate surface area is 95.3 Å². The van der Waals surface area contributed by atoms with Crippen LogP contribution in [0.5, 0.6) is 0 Å². The summed E-state index contributed by atoms with van der Waals surface area (Å²) in [6.45, 7) is 0. The maximum absolute atomic E-state index is 13.1. The molecule has 0 saturated heterocycles. The monoisotopic (exact) mass is 229 g/mol. The van der Waals surface area contributed by atoms with Crippen molar-refractivity contribution in [3.63, 3.8) is 0 Å². The van der Waals surface area contributed by atoms with Gasteiger partial charge in [0.05, 0.1) is 11.2 Å². The first-order valence-corrected chi connectivity index (χ1v) is 5.07. The molecular weight excluding hydrogens is 221 g/mol. The van der Waals surface area contributed by atoms with E-state index in [2.05, 4.69) is 10.2 Å². The second kappa shape index (κ2) is 3.55. The van der Waals surface area contributed by atoms with E-state index in [9.17, 15) is 9.18 Å². The Kier molecular flexibility index (Phi) is 2.04. The summed E-state index contributed by atoms with van der Waals surface area (Å²) in [5, 5.41) is 6.73. The maximum atomic E-state index is 13.1. The van der Waals surface area contributed by atoms with E-state index in [4.69, 9.17) is 0 Å². The third-order valence-corrected chi connectivity index (χ3v) is 2.48. The molecule has 0 atom stereocenters. The average molecular weight is 229 g/mol. The SMILES string of the molecule is O=c1ccc2cc(-c3cccc(F)c3)nn2[nH]1. The Balaban J connectivity index is 2.21. The molecule has 84 valence electrons. The number of aromatic nitrogens is 3. The van der Waals surface area contributed by atoms with Crippen molar-refractivity contribution >= 4 is 5.52 Å². The van der Waals surface area contributed by atoms with Crippen LogP contribution in [0, 0.1) is 5.82 Å². The molecule has 3 aromatic rings. The largest absolute Gasteiger partial charge is 0.268 e. The van der Waals surface area contributed by atoms with E-state index in [-0.39, 0.29) is 11.4 Å². The highest BCUT2D eigenvalue weighted by atomic mass is 19.1. The Morgan fingerprint density at radius 1 is 1.18 bits per heavy atom. The molecule has 5 heteroatoms. The lowest BCUT2D eigenvalue weighted by molar-refractivity contribution is 0.628. The van der Waals surface area contributed by atoms with Gasteiger partial charge in [-0.05, 0) is 24.3 Å². The van der Waals surface area contributed by atoms with Crippen LogP contribution in [-0.2, 0) is 0 Å². The second-order valence-corrected chi connectivity index (χ2v) is 3.69. The molecule has 3 rings (SSSR count). The van der Waals surface area contributed by atoms with Crippen molar-refractivity contribution in [2.24, 2.45) is 0 Å². The molecule has 0 aliphatic rings. The fourth-order valence-electron chi connectivity index (χ4n) is 1.70. The smallest absolute Gasteiger partial charge is 0.264 e. The molecule has 0 amide bonds. The maximum Gasteiger partial charge on any atom is 0.264 e. The first-order chi connectivity index (χ1) is 8.22. The molecule has 1 aromatic carbocycles. The van der Waals surface area contributed by atoms with Crippen molar-refractivity contribution in [3.05, 3.63) is 58.6 Å². The Morgan fingerprint density at radius 2 is 2.06 bits per heavy atom. The average Bonchev–Trinajstić information content (AvgIpc) is 2.72. The van der Waals surface area contributed by atoms with Crippen molar-refractivity contribution in [2.45, 2.75) is 0 Å². The highest BCUT2D eigenvalue weighted by Crippen LogP contribution is 2.19. The lowest BCUT2D eigenvalue weighted by Crippen LogP contribution is -2.09. The van der Waals surface area contributed by atoms with E-state index in [1.54, 1.807) is 24.3 Å². The number of halogens is 1. The summed E-state index contributed by atoms with van der Waals surface area (Å²) in [5.74, 6) is -0.312. The molecular formula is C12H8FN3O. The van der Waals surface area contributed by atoms with E-state index in [0.717, 1.165) is 5.52 Å². The zero-order valence-corrected chi connectivity index (χ0v) is 8.72. The third-order valence-electron chi connectivity index (χ3n) is 2.48. The van der Waals surface area contributed by atoms with Gasteiger partial charge in [-0.3, -0.25) is 4.79 Å². The fourth-order valence-corrected chi connectivity index (χ4v) is 1.70. The first kappa shape index (κ1) is 9.77. The Hall–Kier alpha value is -2.43. The number of hydrogen-bond acceptors (Lipinski definition) is 2. The minimum Gasteiger partial charge on any atom is -0.268 e. The van der Waals surface area contributed by atoms with Gasteiger partial charge in [0.1, 0.15) is 5.82 Å². The number of nitrogens with one attached hydrogen (secondary N) is 1. The van der Waals surface area contributed by atoms with Crippen LogP contribution >= 0.6 is 0 Å². The van der Waals surface area contributed by atoms with Crippen molar-refractivity contribution in [2.75, 3.05) is 0 Å². The predicted molar refractivity (Wildman–Crippen MR) is 61.2 cm³/mol. The van der Waals surface area contributed by atoms with Crippen molar-refractivity contribution in [1.82, 2.24) is 14.8 Å². The standard InChI is InChI=1S/C12H8FN3O/c13-9-3-1-2-8(6-9)11-7-10-4-5-12(17)15-16(10)14-11/h1-7H,(H,15,17). The number of rotatable bonds is 1. The minimum atomic E-state index is -0.312. The zero-order valence-electron chi connectivity index (χ0n) is 8.72. The minimum absolute atomic E-state index is 0.230. The third kappa shape index (κ3) is 1.71. The number of fused-ring (bicyclic) bond motifs is 1. The van der Waals surface area contributed by atoms with Gasteiger partial charge < -0.3 is 0 Å².